The van der Waals surface area contributed by atoms with Crippen LogP contribution in [0.15, 0.2) is 0 Å². The van der Waals surface area contributed by atoms with Crippen LogP contribution in [-0.4, -0.2) is 0 Å². The average Bonchev–Trinajstić information content (AvgIpc) is 1.65. The molecule has 0 rings (SSSR count). The second-order valence-corrected chi connectivity index (χ2v) is 3.15. The molecular weight excluding hydrogens is 120 g/mol. The molecule has 0 fully saturated rings. The van der Waals surface area contributed by atoms with Crippen molar-refractivity contribution < 1.29 is 0 Å². The van der Waals surface area contributed by atoms with E-state index in [-0.39, 0.29) is 0 Å². The van der Waals surface area contributed by atoms with Crippen molar-refractivity contribution in [2.45, 2.75) is 61.3 Å². The van der Waals surface area contributed by atoms with Crippen molar-refractivity contribution in [2.24, 2.45) is 5.92 Å². The lowest BCUT2D eigenvalue weighted by Gasteiger charge is -1.79. The Morgan fingerprint density at radius 2 is 0.700 bits per heavy atom. The molecule has 0 aromatic carbocycles. The van der Waals surface area contributed by atoms with Gasteiger partial charge in [0.25, 0.3) is 0 Å². The molecule has 0 unspecified atom stereocenters. The maximum absolute atomic E-state index is 2.17. The topological polar surface area (TPSA) is 0 Å². The van der Waals surface area contributed by atoms with Gasteiger partial charge in [-0.1, -0.05) is 61.3 Å². The normalized spacial score (nSPS) is 7.20. The second-order valence-electron chi connectivity index (χ2n) is 3.15. The van der Waals surface area contributed by atoms with Gasteiger partial charge in [-0.15, -0.1) is 0 Å². The fourth-order valence-electron chi connectivity index (χ4n) is 0. The second kappa shape index (κ2) is 23.0. The SMILES string of the molecule is CC(C)C.CCC.CCC. The first-order chi connectivity index (χ1) is 4.56. The van der Waals surface area contributed by atoms with Gasteiger partial charge in [0.15, 0.2) is 0 Å². The summed E-state index contributed by atoms with van der Waals surface area (Å²) in [5.41, 5.74) is 0. The molecular formula is C10H26. The molecule has 0 bridgehead atoms. The fourth-order valence-corrected chi connectivity index (χ4v) is 0. The molecule has 0 heteroatoms. The zero-order valence-electron chi connectivity index (χ0n) is 8.99. The molecule has 0 aliphatic rings. The van der Waals surface area contributed by atoms with Crippen molar-refractivity contribution in [1.29, 1.82) is 0 Å². The third kappa shape index (κ3) is 0. The number of hydrogen-bond donors (Lipinski definition) is 0. The smallest absolute Gasteiger partial charge is 0.0500 e. The number of rotatable bonds is 0. The van der Waals surface area contributed by atoms with E-state index in [9.17, 15) is 0 Å². The standard InChI is InChI=1S/C4H10.2C3H8/c1-4(2)3;2*1-3-2/h4H,1-3H3;2*3H2,1-2H3. The highest BCUT2D eigenvalue weighted by Gasteiger charge is 1.68. The molecule has 0 aliphatic heterocycles. The predicted octanol–water partition coefficient (Wildman–Crippen LogP) is 4.49. The van der Waals surface area contributed by atoms with Crippen LogP contribution >= 0.6 is 0 Å². The lowest BCUT2D eigenvalue weighted by atomic mass is 10.3. The van der Waals surface area contributed by atoms with Crippen LogP contribution < -0.4 is 0 Å². The van der Waals surface area contributed by atoms with Crippen molar-refractivity contribution in [3.63, 3.8) is 0 Å². The Bertz CT molecular complexity index is 16.5. The Kier molecular flexibility index (Phi) is 38.1. The molecule has 66 valence electrons. The molecule has 0 aromatic heterocycles. The van der Waals surface area contributed by atoms with Crippen molar-refractivity contribution in [1.82, 2.24) is 0 Å². The van der Waals surface area contributed by atoms with Crippen LogP contribution in [0.25, 0.3) is 0 Å². The van der Waals surface area contributed by atoms with Crippen LogP contribution in [-0.2, 0) is 0 Å². The van der Waals surface area contributed by atoms with E-state index in [2.05, 4.69) is 48.5 Å². The molecule has 0 nitrogen and oxygen atoms in total. The lowest BCUT2D eigenvalue weighted by molar-refractivity contribution is 0.737. The summed E-state index contributed by atoms with van der Waals surface area (Å²) in [7, 11) is 0. The zero-order valence-corrected chi connectivity index (χ0v) is 8.99. The summed E-state index contributed by atoms with van der Waals surface area (Å²) in [6.07, 6.45) is 2.50. The molecule has 0 radical (unpaired) electrons. The maximum atomic E-state index is 2.17. The summed E-state index contributed by atoms with van der Waals surface area (Å²) < 4.78 is 0. The molecule has 0 spiro atoms. The van der Waals surface area contributed by atoms with Gasteiger partial charge in [-0.05, 0) is 5.92 Å². The largest absolute Gasteiger partial charge is 0.0656 e. The molecule has 0 aliphatic carbocycles. The van der Waals surface area contributed by atoms with Crippen LogP contribution in [0.3, 0.4) is 0 Å². The first-order valence-corrected chi connectivity index (χ1v) is 4.56. The molecule has 0 heterocycles. The molecule has 0 amide bonds. The van der Waals surface area contributed by atoms with E-state index in [1.165, 1.54) is 12.8 Å². The van der Waals surface area contributed by atoms with Crippen molar-refractivity contribution in [2.75, 3.05) is 0 Å². The highest BCUT2D eigenvalue weighted by Crippen LogP contribution is 1.81. The van der Waals surface area contributed by atoms with Gasteiger partial charge in [0, 0.05) is 0 Å². The van der Waals surface area contributed by atoms with E-state index < -0.39 is 0 Å². The van der Waals surface area contributed by atoms with E-state index in [4.69, 9.17) is 0 Å². The molecule has 0 N–H and O–H groups in total. The Hall–Kier alpha value is 0. The van der Waals surface area contributed by atoms with Gasteiger partial charge in [0.05, 0.1) is 0 Å². The van der Waals surface area contributed by atoms with Crippen molar-refractivity contribution in [3.05, 3.63) is 0 Å². The Labute approximate surface area is 68.0 Å². The first-order valence-electron chi connectivity index (χ1n) is 4.56. The fraction of sp³-hybridized carbons (Fsp3) is 1.00. The third-order valence-corrected chi connectivity index (χ3v) is 0. The zero-order chi connectivity index (χ0) is 8.99. The van der Waals surface area contributed by atoms with E-state index in [1.54, 1.807) is 0 Å². The van der Waals surface area contributed by atoms with E-state index in [0.717, 1.165) is 5.92 Å². The van der Waals surface area contributed by atoms with Crippen LogP contribution in [0.5, 0.6) is 0 Å². The highest BCUT2D eigenvalue weighted by molar-refractivity contribution is 4.20. The van der Waals surface area contributed by atoms with E-state index in [0.29, 0.717) is 0 Å². The third-order valence-electron chi connectivity index (χ3n) is 0. The van der Waals surface area contributed by atoms with Gasteiger partial charge >= 0.3 is 0 Å². The molecule has 0 atom stereocenters. The predicted molar refractivity (Wildman–Crippen MR) is 52.4 cm³/mol. The molecule has 0 saturated carbocycles. The monoisotopic (exact) mass is 146 g/mol. The van der Waals surface area contributed by atoms with Gasteiger partial charge in [-0.2, -0.15) is 0 Å². The van der Waals surface area contributed by atoms with Gasteiger partial charge < -0.3 is 0 Å². The van der Waals surface area contributed by atoms with Gasteiger partial charge in [-0.25, -0.2) is 0 Å². The molecule has 0 saturated heterocycles. The summed E-state index contributed by atoms with van der Waals surface area (Å²) in [4.78, 5) is 0. The Morgan fingerprint density at radius 3 is 0.700 bits per heavy atom. The highest BCUT2D eigenvalue weighted by atomic mass is 13.7. The summed E-state index contributed by atoms with van der Waals surface area (Å²) in [6.45, 7) is 15.0. The Morgan fingerprint density at radius 1 is 0.700 bits per heavy atom. The van der Waals surface area contributed by atoms with Crippen molar-refractivity contribution >= 4 is 0 Å². The Balaban J connectivity index is -0.0000000750. The quantitative estimate of drug-likeness (QED) is 0.472. The minimum absolute atomic E-state index is 0.833. The molecule has 0 aromatic rings. The van der Waals surface area contributed by atoms with E-state index in [1.807, 2.05) is 0 Å². The summed E-state index contributed by atoms with van der Waals surface area (Å²) in [6, 6.07) is 0. The minimum Gasteiger partial charge on any atom is -0.0656 e. The van der Waals surface area contributed by atoms with Gasteiger partial charge in [0.2, 0.25) is 0 Å². The minimum atomic E-state index is 0.833. The van der Waals surface area contributed by atoms with Crippen molar-refractivity contribution in [3.8, 4) is 0 Å². The lowest BCUT2D eigenvalue weighted by Crippen LogP contribution is -1.66. The summed E-state index contributed by atoms with van der Waals surface area (Å²) in [5.74, 6) is 0.833. The van der Waals surface area contributed by atoms with Crippen LogP contribution in [0.2, 0.25) is 0 Å². The number of hydrogen-bond acceptors (Lipinski definition) is 0. The van der Waals surface area contributed by atoms with Crippen LogP contribution in [0.1, 0.15) is 61.3 Å². The van der Waals surface area contributed by atoms with Crippen LogP contribution in [0.4, 0.5) is 0 Å². The van der Waals surface area contributed by atoms with Crippen LogP contribution in [0, 0.1) is 5.92 Å². The van der Waals surface area contributed by atoms with E-state index >= 15 is 0 Å². The first kappa shape index (κ1) is 16.5. The van der Waals surface area contributed by atoms with Gasteiger partial charge in [-0.3, -0.25) is 0 Å². The summed E-state index contributed by atoms with van der Waals surface area (Å²) in [5, 5.41) is 0. The maximum Gasteiger partial charge on any atom is -0.0500 e. The summed E-state index contributed by atoms with van der Waals surface area (Å²) >= 11 is 0. The molecule has 10 heavy (non-hydrogen) atoms. The van der Waals surface area contributed by atoms with Gasteiger partial charge in [0.1, 0.15) is 0 Å². The average molecular weight is 146 g/mol.